The summed E-state index contributed by atoms with van der Waals surface area (Å²) < 4.78 is 2.08. The van der Waals surface area contributed by atoms with Gasteiger partial charge in [-0.3, -0.25) is 4.98 Å². The topological polar surface area (TPSA) is 30.7 Å². The first-order valence-electron chi connectivity index (χ1n) is 10.8. The Hall–Kier alpha value is -3.46. The van der Waals surface area contributed by atoms with Gasteiger partial charge in [0.05, 0.1) is 16.7 Å². The van der Waals surface area contributed by atoms with Crippen molar-refractivity contribution in [2.45, 2.75) is 40.0 Å². The van der Waals surface area contributed by atoms with Gasteiger partial charge >= 0.3 is 0 Å². The van der Waals surface area contributed by atoms with Gasteiger partial charge in [0.15, 0.2) is 0 Å². The zero-order valence-corrected chi connectivity index (χ0v) is 18.8. The molecule has 3 nitrogen and oxygen atoms in total. The van der Waals surface area contributed by atoms with Gasteiger partial charge in [-0.1, -0.05) is 74.4 Å². The summed E-state index contributed by atoms with van der Waals surface area (Å²) in [7, 11) is 0. The highest BCUT2D eigenvalue weighted by atomic mass is 15.3. The number of nitrogens with zero attached hydrogens (tertiary/aromatic N) is 3. The smallest absolute Gasteiger partial charge is 0.102 e. The Morgan fingerprint density at radius 3 is 2.10 bits per heavy atom. The van der Waals surface area contributed by atoms with Gasteiger partial charge in [0.1, 0.15) is 5.69 Å². The molecule has 0 unspecified atom stereocenters. The fraction of sp³-hybridized carbons (Fsp3) is 0.214. The van der Waals surface area contributed by atoms with E-state index >= 15 is 0 Å². The van der Waals surface area contributed by atoms with Crippen LogP contribution in [0.5, 0.6) is 0 Å². The minimum absolute atomic E-state index is 0.117. The van der Waals surface area contributed by atoms with Gasteiger partial charge in [-0.25, -0.2) is 4.68 Å². The largest absolute Gasteiger partial charge is 0.255 e. The number of hydrogen-bond acceptors (Lipinski definition) is 2. The third-order valence-corrected chi connectivity index (χ3v) is 5.96. The zero-order chi connectivity index (χ0) is 21.8. The Morgan fingerprint density at radius 1 is 0.742 bits per heavy atom. The van der Waals surface area contributed by atoms with Gasteiger partial charge in [-0.15, -0.1) is 0 Å². The fourth-order valence-corrected chi connectivity index (χ4v) is 4.11. The number of rotatable bonds is 2. The standard InChI is InChI=1S/C28H27N3/c1-18-6-9-20(10-7-18)26-24-17-29-25-15-8-19(2)16-23(25)27(24)31(30-26)22-13-11-21(12-14-22)28(3,4)5/h6-17H,1-5H3. The third kappa shape index (κ3) is 3.40. The molecule has 0 amide bonds. The molecule has 0 aliphatic rings. The molecule has 3 aromatic carbocycles. The number of fused-ring (bicyclic) bond motifs is 3. The van der Waals surface area contributed by atoms with Crippen molar-refractivity contribution in [2.24, 2.45) is 0 Å². The molecule has 0 atom stereocenters. The van der Waals surface area contributed by atoms with Gasteiger partial charge < -0.3 is 0 Å². The second-order valence-corrected chi connectivity index (χ2v) is 9.46. The lowest BCUT2D eigenvalue weighted by Gasteiger charge is -2.19. The molecule has 0 aliphatic carbocycles. The van der Waals surface area contributed by atoms with Crippen molar-refractivity contribution in [1.29, 1.82) is 0 Å². The quantitative estimate of drug-likeness (QED) is 0.312. The molecule has 31 heavy (non-hydrogen) atoms. The lowest BCUT2D eigenvalue weighted by atomic mass is 9.87. The van der Waals surface area contributed by atoms with Gasteiger partial charge in [0, 0.05) is 22.5 Å². The molecule has 0 N–H and O–H groups in total. The first-order valence-corrected chi connectivity index (χ1v) is 10.8. The van der Waals surface area contributed by atoms with E-state index in [4.69, 9.17) is 10.1 Å². The zero-order valence-electron chi connectivity index (χ0n) is 18.8. The van der Waals surface area contributed by atoms with Crippen LogP contribution in [0.25, 0.3) is 38.8 Å². The van der Waals surface area contributed by atoms with Gasteiger partial charge in [0.2, 0.25) is 0 Å². The van der Waals surface area contributed by atoms with E-state index in [1.165, 1.54) is 16.7 Å². The molecule has 0 radical (unpaired) electrons. The van der Waals surface area contributed by atoms with Gasteiger partial charge in [-0.2, -0.15) is 5.10 Å². The number of hydrogen-bond donors (Lipinski definition) is 0. The Kier molecular flexibility index (Phi) is 4.44. The van der Waals surface area contributed by atoms with Crippen LogP contribution in [0.1, 0.15) is 37.5 Å². The Morgan fingerprint density at radius 2 is 1.42 bits per heavy atom. The first kappa shape index (κ1) is 19.5. The van der Waals surface area contributed by atoms with Crippen LogP contribution in [0.4, 0.5) is 0 Å². The molecule has 2 aromatic heterocycles. The van der Waals surface area contributed by atoms with E-state index in [1.807, 2.05) is 6.20 Å². The summed E-state index contributed by atoms with van der Waals surface area (Å²) in [5.41, 5.74) is 9.11. The van der Waals surface area contributed by atoms with Crippen LogP contribution in [0.15, 0.2) is 72.9 Å². The summed E-state index contributed by atoms with van der Waals surface area (Å²) in [6.45, 7) is 10.9. The molecule has 0 bridgehead atoms. The van der Waals surface area contributed by atoms with Crippen LogP contribution in [0, 0.1) is 13.8 Å². The predicted molar refractivity (Wildman–Crippen MR) is 130 cm³/mol. The van der Waals surface area contributed by atoms with E-state index in [0.29, 0.717) is 0 Å². The number of benzene rings is 3. The van der Waals surface area contributed by atoms with Crippen molar-refractivity contribution in [1.82, 2.24) is 14.8 Å². The minimum atomic E-state index is 0.117. The predicted octanol–water partition coefficient (Wildman–Crippen LogP) is 7.16. The summed E-state index contributed by atoms with van der Waals surface area (Å²) in [4.78, 5) is 4.75. The molecular formula is C28H27N3. The highest BCUT2D eigenvalue weighted by Gasteiger charge is 2.18. The molecular weight excluding hydrogens is 378 g/mol. The molecule has 154 valence electrons. The Bertz CT molecular complexity index is 1400. The van der Waals surface area contributed by atoms with Crippen LogP contribution in [-0.2, 0) is 5.41 Å². The molecule has 0 saturated heterocycles. The Balaban J connectivity index is 1.82. The van der Waals surface area contributed by atoms with E-state index in [9.17, 15) is 0 Å². The van der Waals surface area contributed by atoms with E-state index in [2.05, 4.69) is 106 Å². The van der Waals surface area contributed by atoms with Gasteiger partial charge in [0.25, 0.3) is 0 Å². The van der Waals surface area contributed by atoms with Crippen molar-refractivity contribution in [3.05, 3.63) is 89.6 Å². The molecule has 2 heterocycles. The third-order valence-electron chi connectivity index (χ3n) is 5.96. The number of aryl methyl sites for hydroxylation is 2. The normalized spacial score (nSPS) is 12.0. The van der Waals surface area contributed by atoms with Gasteiger partial charge in [-0.05, 0) is 49.1 Å². The van der Waals surface area contributed by atoms with E-state index in [1.54, 1.807) is 0 Å². The molecule has 0 spiro atoms. The summed E-state index contributed by atoms with van der Waals surface area (Å²) in [5, 5.41) is 7.31. The monoisotopic (exact) mass is 405 g/mol. The van der Waals surface area contributed by atoms with E-state index < -0.39 is 0 Å². The van der Waals surface area contributed by atoms with Crippen molar-refractivity contribution in [3.8, 4) is 16.9 Å². The van der Waals surface area contributed by atoms with E-state index in [-0.39, 0.29) is 5.41 Å². The highest BCUT2D eigenvalue weighted by Crippen LogP contribution is 2.34. The molecule has 5 aromatic rings. The average molecular weight is 406 g/mol. The highest BCUT2D eigenvalue weighted by molar-refractivity contribution is 6.08. The van der Waals surface area contributed by atoms with Crippen molar-refractivity contribution in [2.75, 3.05) is 0 Å². The molecule has 3 heteroatoms. The maximum absolute atomic E-state index is 5.11. The molecule has 0 saturated carbocycles. The van der Waals surface area contributed by atoms with E-state index in [0.717, 1.165) is 38.8 Å². The number of pyridine rings is 1. The van der Waals surface area contributed by atoms with Crippen LogP contribution in [0.2, 0.25) is 0 Å². The van der Waals surface area contributed by atoms with Crippen molar-refractivity contribution < 1.29 is 0 Å². The van der Waals surface area contributed by atoms with Crippen LogP contribution >= 0.6 is 0 Å². The SMILES string of the molecule is Cc1ccc(-c2nn(-c3ccc(C(C)(C)C)cc3)c3c2cnc2ccc(C)cc23)cc1. The second-order valence-electron chi connectivity index (χ2n) is 9.46. The van der Waals surface area contributed by atoms with Crippen molar-refractivity contribution in [3.63, 3.8) is 0 Å². The van der Waals surface area contributed by atoms with Crippen molar-refractivity contribution >= 4 is 21.8 Å². The van der Waals surface area contributed by atoms with Crippen LogP contribution < -0.4 is 0 Å². The minimum Gasteiger partial charge on any atom is -0.255 e. The number of aromatic nitrogens is 3. The summed E-state index contributed by atoms with van der Waals surface area (Å²) in [5.74, 6) is 0. The summed E-state index contributed by atoms with van der Waals surface area (Å²) in [6.07, 6.45) is 1.97. The molecule has 0 aliphatic heterocycles. The Labute approximate surface area is 183 Å². The second kappa shape index (κ2) is 7.05. The van der Waals surface area contributed by atoms with Crippen LogP contribution in [-0.4, -0.2) is 14.8 Å². The molecule has 5 rings (SSSR count). The summed E-state index contributed by atoms with van der Waals surface area (Å²) in [6, 6.07) is 23.7. The molecule has 0 fully saturated rings. The fourth-order valence-electron chi connectivity index (χ4n) is 4.11. The maximum Gasteiger partial charge on any atom is 0.102 e. The average Bonchev–Trinajstić information content (AvgIpc) is 3.14. The lowest BCUT2D eigenvalue weighted by Crippen LogP contribution is -2.11. The van der Waals surface area contributed by atoms with Crippen LogP contribution in [0.3, 0.4) is 0 Å². The maximum atomic E-state index is 5.11. The first-order chi connectivity index (χ1) is 14.8. The summed E-state index contributed by atoms with van der Waals surface area (Å²) >= 11 is 0. The lowest BCUT2D eigenvalue weighted by molar-refractivity contribution is 0.590.